The Balaban J connectivity index is 2.07. The van der Waals surface area contributed by atoms with E-state index >= 15 is 0 Å². The van der Waals surface area contributed by atoms with Crippen molar-refractivity contribution in [1.82, 2.24) is 4.89 Å². The molecule has 0 bridgehead atoms. The lowest BCUT2D eigenvalue weighted by molar-refractivity contribution is 0.0795. The van der Waals surface area contributed by atoms with E-state index in [1.54, 1.807) is 30.3 Å². The van der Waals surface area contributed by atoms with Crippen LogP contribution in [0.2, 0.25) is 0 Å². The van der Waals surface area contributed by atoms with Gasteiger partial charge in [-0.05, 0) is 23.8 Å². The van der Waals surface area contributed by atoms with Crippen LogP contribution in [0, 0.1) is 17.1 Å². The highest BCUT2D eigenvalue weighted by Gasteiger charge is 2.16. The Labute approximate surface area is 121 Å². The molecule has 0 unspecified atom stereocenters. The molecule has 1 N–H and O–H groups in total. The first-order chi connectivity index (χ1) is 10.0. The van der Waals surface area contributed by atoms with E-state index in [4.69, 9.17) is 10.1 Å². The zero-order valence-corrected chi connectivity index (χ0v) is 11.6. The van der Waals surface area contributed by atoms with Gasteiger partial charge in [-0.25, -0.2) is 12.8 Å². The SMILES string of the molecule is N#Cc1cc(S(=O)(=O)NOCc2ccccc2)ccc1F. The summed E-state index contributed by atoms with van der Waals surface area (Å²) in [6.45, 7) is 0.0480. The molecule has 0 aliphatic heterocycles. The Morgan fingerprint density at radius 1 is 1.19 bits per heavy atom. The third-order valence-electron chi connectivity index (χ3n) is 2.62. The summed E-state index contributed by atoms with van der Waals surface area (Å²) in [6, 6.07) is 13.5. The molecule has 0 heterocycles. The van der Waals surface area contributed by atoms with Crippen molar-refractivity contribution in [3.63, 3.8) is 0 Å². The van der Waals surface area contributed by atoms with Gasteiger partial charge in [0.15, 0.2) is 0 Å². The minimum Gasteiger partial charge on any atom is -0.282 e. The smallest absolute Gasteiger partial charge is 0.262 e. The van der Waals surface area contributed by atoms with Gasteiger partial charge in [0.2, 0.25) is 0 Å². The summed E-state index contributed by atoms with van der Waals surface area (Å²) in [5.74, 6) is -0.776. The van der Waals surface area contributed by atoms with Crippen LogP contribution < -0.4 is 4.89 Å². The van der Waals surface area contributed by atoms with Gasteiger partial charge in [0, 0.05) is 0 Å². The second-order valence-corrected chi connectivity index (χ2v) is 5.76. The Morgan fingerprint density at radius 3 is 2.57 bits per heavy atom. The van der Waals surface area contributed by atoms with Crippen molar-refractivity contribution in [3.8, 4) is 6.07 Å². The fourth-order valence-corrected chi connectivity index (χ4v) is 2.40. The lowest BCUT2D eigenvalue weighted by atomic mass is 10.2. The van der Waals surface area contributed by atoms with E-state index in [1.807, 2.05) is 11.0 Å². The molecule has 0 atom stereocenters. The van der Waals surface area contributed by atoms with Crippen LogP contribution in [0.1, 0.15) is 11.1 Å². The van der Waals surface area contributed by atoms with Gasteiger partial charge in [-0.1, -0.05) is 35.2 Å². The standard InChI is InChI=1S/C14H11FN2O3S/c15-14-7-6-13(8-12(14)9-16)21(18,19)17-20-10-11-4-2-1-3-5-11/h1-8,17H,10H2. The monoisotopic (exact) mass is 306 g/mol. The molecule has 0 amide bonds. The van der Waals surface area contributed by atoms with Crippen LogP contribution in [0.3, 0.4) is 0 Å². The maximum absolute atomic E-state index is 13.2. The van der Waals surface area contributed by atoms with Gasteiger partial charge in [-0.15, -0.1) is 0 Å². The van der Waals surface area contributed by atoms with Crippen molar-refractivity contribution in [3.05, 3.63) is 65.5 Å². The number of benzene rings is 2. The minimum absolute atomic E-state index is 0.0480. The fourth-order valence-electron chi connectivity index (χ4n) is 1.57. The number of sulfonamides is 1. The Kier molecular flexibility index (Phi) is 4.65. The van der Waals surface area contributed by atoms with E-state index in [1.165, 1.54) is 0 Å². The molecule has 5 nitrogen and oxygen atoms in total. The number of rotatable bonds is 5. The fraction of sp³-hybridized carbons (Fsp3) is 0.0714. The highest BCUT2D eigenvalue weighted by atomic mass is 32.2. The molecule has 2 aromatic carbocycles. The van der Waals surface area contributed by atoms with E-state index in [0.29, 0.717) is 0 Å². The van der Waals surface area contributed by atoms with Crippen molar-refractivity contribution in [1.29, 1.82) is 5.26 Å². The maximum Gasteiger partial charge on any atom is 0.262 e. The lowest BCUT2D eigenvalue weighted by Gasteiger charge is -2.07. The first-order valence-corrected chi connectivity index (χ1v) is 7.38. The first-order valence-electron chi connectivity index (χ1n) is 5.90. The molecule has 0 saturated carbocycles. The third-order valence-corrected chi connectivity index (χ3v) is 3.83. The van der Waals surface area contributed by atoms with Crippen molar-refractivity contribution in [2.24, 2.45) is 0 Å². The minimum atomic E-state index is -3.97. The molecule has 0 aromatic heterocycles. The molecule has 21 heavy (non-hydrogen) atoms. The normalized spacial score (nSPS) is 11.0. The van der Waals surface area contributed by atoms with E-state index in [0.717, 1.165) is 23.8 Å². The molecular formula is C14H11FN2O3S. The number of hydrogen-bond donors (Lipinski definition) is 1. The summed E-state index contributed by atoms with van der Waals surface area (Å²) in [5, 5.41) is 8.70. The quantitative estimate of drug-likeness (QED) is 0.858. The van der Waals surface area contributed by atoms with Gasteiger partial charge >= 0.3 is 0 Å². The van der Waals surface area contributed by atoms with Crippen LogP contribution in [0.4, 0.5) is 4.39 Å². The summed E-state index contributed by atoms with van der Waals surface area (Å²) >= 11 is 0. The zero-order chi connectivity index (χ0) is 15.3. The van der Waals surface area contributed by atoms with Crippen LogP contribution in [-0.2, 0) is 21.5 Å². The average Bonchev–Trinajstić information content (AvgIpc) is 2.48. The second-order valence-electron chi connectivity index (χ2n) is 4.11. The highest BCUT2D eigenvalue weighted by molar-refractivity contribution is 7.89. The molecule has 2 rings (SSSR count). The van der Waals surface area contributed by atoms with Crippen LogP contribution >= 0.6 is 0 Å². The van der Waals surface area contributed by atoms with Gasteiger partial charge < -0.3 is 0 Å². The molecule has 7 heteroatoms. The van der Waals surface area contributed by atoms with Gasteiger partial charge in [0.25, 0.3) is 10.0 Å². The summed E-state index contributed by atoms with van der Waals surface area (Å²) < 4.78 is 37.0. The number of nitrogens with one attached hydrogen (secondary N) is 1. The molecule has 0 aliphatic rings. The first kappa shape index (κ1) is 15.1. The Hall–Kier alpha value is -2.27. The highest BCUT2D eigenvalue weighted by Crippen LogP contribution is 2.14. The molecule has 0 fully saturated rings. The number of nitriles is 1. The Morgan fingerprint density at radius 2 is 1.90 bits per heavy atom. The van der Waals surface area contributed by atoms with Gasteiger partial charge in [-0.2, -0.15) is 5.26 Å². The number of hydrogen-bond acceptors (Lipinski definition) is 4. The lowest BCUT2D eigenvalue weighted by Crippen LogP contribution is -2.24. The molecule has 0 saturated heterocycles. The van der Waals surface area contributed by atoms with Gasteiger partial charge in [0.1, 0.15) is 11.9 Å². The summed E-state index contributed by atoms with van der Waals surface area (Å²) in [5.41, 5.74) is 0.443. The van der Waals surface area contributed by atoms with E-state index in [-0.39, 0.29) is 17.1 Å². The number of nitrogens with zero attached hydrogens (tertiary/aromatic N) is 1. The van der Waals surface area contributed by atoms with Crippen LogP contribution in [-0.4, -0.2) is 8.42 Å². The van der Waals surface area contributed by atoms with Crippen molar-refractivity contribution in [2.75, 3.05) is 0 Å². The number of halogens is 1. The van der Waals surface area contributed by atoms with E-state index in [9.17, 15) is 12.8 Å². The Bertz CT molecular complexity index is 771. The molecule has 0 radical (unpaired) electrons. The predicted octanol–water partition coefficient (Wildman–Crippen LogP) is 2.11. The largest absolute Gasteiger partial charge is 0.282 e. The maximum atomic E-state index is 13.2. The third kappa shape index (κ3) is 3.86. The molecular weight excluding hydrogens is 295 g/mol. The second kappa shape index (κ2) is 6.45. The van der Waals surface area contributed by atoms with Crippen molar-refractivity contribution >= 4 is 10.0 Å². The molecule has 108 valence electrons. The van der Waals surface area contributed by atoms with Crippen LogP contribution in [0.15, 0.2) is 53.4 Å². The predicted molar refractivity (Wildman–Crippen MR) is 72.7 cm³/mol. The zero-order valence-electron chi connectivity index (χ0n) is 10.8. The van der Waals surface area contributed by atoms with E-state index < -0.39 is 15.8 Å². The summed E-state index contributed by atoms with van der Waals surface area (Å²) in [6.07, 6.45) is 0. The van der Waals surface area contributed by atoms with Gasteiger partial charge in [-0.3, -0.25) is 4.84 Å². The van der Waals surface area contributed by atoms with Crippen LogP contribution in [0.25, 0.3) is 0 Å². The summed E-state index contributed by atoms with van der Waals surface area (Å²) in [4.78, 5) is 6.62. The molecule has 0 spiro atoms. The van der Waals surface area contributed by atoms with E-state index in [2.05, 4.69) is 0 Å². The van der Waals surface area contributed by atoms with Crippen molar-refractivity contribution < 1.29 is 17.6 Å². The molecule has 0 aliphatic carbocycles. The van der Waals surface area contributed by atoms with Crippen LogP contribution in [0.5, 0.6) is 0 Å². The summed E-state index contributed by atoms with van der Waals surface area (Å²) in [7, 11) is -3.97. The molecule has 2 aromatic rings. The van der Waals surface area contributed by atoms with Gasteiger partial charge in [0.05, 0.1) is 17.1 Å². The average molecular weight is 306 g/mol. The van der Waals surface area contributed by atoms with Crippen molar-refractivity contribution in [2.45, 2.75) is 11.5 Å². The topological polar surface area (TPSA) is 79.2 Å².